The van der Waals surface area contributed by atoms with Crippen LogP contribution in [0.4, 0.5) is 5.95 Å². The number of hydrogen-bond donors (Lipinski definition) is 1. The minimum absolute atomic E-state index is 0.0387. The molecule has 0 radical (unpaired) electrons. The van der Waals surface area contributed by atoms with E-state index in [9.17, 15) is 4.79 Å². The molecule has 2 aliphatic rings. The van der Waals surface area contributed by atoms with Crippen molar-refractivity contribution in [2.45, 2.75) is 19.0 Å². The van der Waals surface area contributed by atoms with Crippen molar-refractivity contribution in [1.82, 2.24) is 30.0 Å². The van der Waals surface area contributed by atoms with Gasteiger partial charge < -0.3 is 15.5 Å². The van der Waals surface area contributed by atoms with Crippen molar-refractivity contribution in [2.75, 3.05) is 32.4 Å². The molecule has 2 fully saturated rings. The number of fused-ring (bicyclic) bond motifs is 1. The highest BCUT2D eigenvalue weighted by molar-refractivity contribution is 5.76. The van der Waals surface area contributed by atoms with Gasteiger partial charge in [-0.05, 0) is 36.4 Å². The molecule has 8 heteroatoms. The van der Waals surface area contributed by atoms with Crippen LogP contribution in [-0.4, -0.2) is 68.6 Å². The standard InChI is InChI=1S/C10H17N7O/c1-15-3-2-7-4-16(5-8(7)15)9(18)6-17-10(11)12-13-14-17/h7-8H,2-6H2,1H3,(H2,11,12,14)/t7-,8+/m1/s1. The van der Waals surface area contributed by atoms with Gasteiger partial charge in [-0.25, -0.2) is 4.68 Å². The van der Waals surface area contributed by atoms with E-state index in [0.717, 1.165) is 19.6 Å². The normalized spacial score (nSPS) is 27.7. The second-order valence-electron chi connectivity index (χ2n) is 5.09. The quantitative estimate of drug-likeness (QED) is 0.681. The number of rotatable bonds is 2. The van der Waals surface area contributed by atoms with Gasteiger partial charge in [-0.3, -0.25) is 4.79 Å². The van der Waals surface area contributed by atoms with Crippen LogP contribution in [0, 0.1) is 5.92 Å². The van der Waals surface area contributed by atoms with E-state index in [1.807, 2.05) is 4.90 Å². The molecule has 0 saturated carbocycles. The molecule has 0 aliphatic carbocycles. The van der Waals surface area contributed by atoms with Crippen LogP contribution < -0.4 is 5.73 Å². The molecule has 1 amide bonds. The van der Waals surface area contributed by atoms with Crippen LogP contribution in [0.5, 0.6) is 0 Å². The summed E-state index contributed by atoms with van der Waals surface area (Å²) in [5, 5.41) is 10.7. The molecule has 3 heterocycles. The van der Waals surface area contributed by atoms with E-state index in [2.05, 4.69) is 27.5 Å². The summed E-state index contributed by atoms with van der Waals surface area (Å²) in [6.45, 7) is 2.91. The zero-order valence-electron chi connectivity index (χ0n) is 10.4. The number of nitrogen functional groups attached to an aromatic ring is 1. The van der Waals surface area contributed by atoms with Gasteiger partial charge in [0.15, 0.2) is 0 Å². The maximum absolute atomic E-state index is 12.1. The van der Waals surface area contributed by atoms with Crippen LogP contribution in [0.25, 0.3) is 0 Å². The molecule has 2 saturated heterocycles. The van der Waals surface area contributed by atoms with E-state index in [1.165, 1.54) is 11.1 Å². The number of nitrogens with two attached hydrogens (primary N) is 1. The van der Waals surface area contributed by atoms with Crippen LogP contribution in [0.1, 0.15) is 6.42 Å². The first-order valence-corrected chi connectivity index (χ1v) is 6.15. The summed E-state index contributed by atoms with van der Waals surface area (Å²) in [7, 11) is 2.12. The summed E-state index contributed by atoms with van der Waals surface area (Å²) >= 11 is 0. The molecular formula is C10H17N7O. The Balaban J connectivity index is 1.63. The Bertz CT molecular complexity index is 459. The maximum Gasteiger partial charge on any atom is 0.244 e. The summed E-state index contributed by atoms with van der Waals surface area (Å²) in [5.41, 5.74) is 5.55. The van der Waals surface area contributed by atoms with E-state index in [1.54, 1.807) is 0 Å². The molecule has 0 unspecified atom stereocenters. The second kappa shape index (κ2) is 4.20. The zero-order valence-corrected chi connectivity index (χ0v) is 10.4. The molecule has 2 aliphatic heterocycles. The summed E-state index contributed by atoms with van der Waals surface area (Å²) in [4.78, 5) is 16.4. The van der Waals surface area contributed by atoms with Crippen molar-refractivity contribution >= 4 is 11.9 Å². The Hall–Kier alpha value is -1.70. The Morgan fingerprint density at radius 1 is 1.50 bits per heavy atom. The third-order valence-electron chi connectivity index (χ3n) is 4.02. The fraction of sp³-hybridized carbons (Fsp3) is 0.800. The Morgan fingerprint density at radius 3 is 3.00 bits per heavy atom. The van der Waals surface area contributed by atoms with E-state index in [0.29, 0.717) is 12.0 Å². The number of tetrazole rings is 1. The largest absolute Gasteiger partial charge is 0.367 e. The van der Waals surface area contributed by atoms with Crippen molar-refractivity contribution in [3.8, 4) is 0 Å². The highest BCUT2D eigenvalue weighted by Crippen LogP contribution is 2.30. The van der Waals surface area contributed by atoms with Crippen LogP contribution in [-0.2, 0) is 11.3 Å². The SMILES string of the molecule is CN1CC[C@@H]2CN(C(=O)Cn3nnnc3N)C[C@@H]21. The maximum atomic E-state index is 12.1. The Labute approximate surface area is 105 Å². The van der Waals surface area contributed by atoms with Gasteiger partial charge in [-0.2, -0.15) is 0 Å². The van der Waals surface area contributed by atoms with E-state index < -0.39 is 0 Å². The lowest BCUT2D eigenvalue weighted by Crippen LogP contribution is -2.36. The van der Waals surface area contributed by atoms with E-state index >= 15 is 0 Å². The lowest BCUT2D eigenvalue weighted by molar-refractivity contribution is -0.131. The first-order chi connectivity index (χ1) is 8.65. The number of anilines is 1. The number of likely N-dealkylation sites (tertiary alicyclic amines) is 2. The minimum atomic E-state index is 0.0387. The van der Waals surface area contributed by atoms with E-state index in [-0.39, 0.29) is 18.4 Å². The first kappa shape index (κ1) is 11.4. The monoisotopic (exact) mass is 251 g/mol. The second-order valence-corrected chi connectivity index (χ2v) is 5.09. The summed E-state index contributed by atoms with van der Waals surface area (Å²) in [6, 6.07) is 0.514. The Morgan fingerprint density at radius 2 is 2.33 bits per heavy atom. The molecule has 1 aromatic rings. The molecule has 0 bridgehead atoms. The number of aromatic nitrogens is 4. The lowest BCUT2D eigenvalue weighted by Gasteiger charge is -2.20. The molecule has 1 aromatic heterocycles. The number of hydrogen-bond acceptors (Lipinski definition) is 6. The van der Waals surface area contributed by atoms with Gasteiger partial charge in [0.1, 0.15) is 6.54 Å². The highest BCUT2D eigenvalue weighted by atomic mass is 16.2. The summed E-state index contributed by atoms with van der Waals surface area (Å²) in [5.74, 6) is 0.835. The molecule has 18 heavy (non-hydrogen) atoms. The molecule has 2 atom stereocenters. The minimum Gasteiger partial charge on any atom is -0.367 e. The predicted molar refractivity (Wildman–Crippen MR) is 63.3 cm³/mol. The van der Waals surface area contributed by atoms with Crippen molar-refractivity contribution in [1.29, 1.82) is 0 Å². The number of likely N-dealkylation sites (N-methyl/N-ethyl adjacent to an activating group) is 1. The molecule has 2 N–H and O–H groups in total. The fourth-order valence-corrected chi connectivity index (χ4v) is 2.93. The molecule has 0 aromatic carbocycles. The number of carbonyl (C=O) groups is 1. The van der Waals surface area contributed by atoms with Gasteiger partial charge in [-0.1, -0.05) is 5.10 Å². The van der Waals surface area contributed by atoms with Gasteiger partial charge in [0.2, 0.25) is 11.9 Å². The predicted octanol–water partition coefficient (Wildman–Crippen LogP) is -1.58. The number of nitrogens with zero attached hydrogens (tertiary/aromatic N) is 6. The van der Waals surface area contributed by atoms with Crippen molar-refractivity contribution in [3.05, 3.63) is 0 Å². The van der Waals surface area contributed by atoms with Crippen LogP contribution in [0.2, 0.25) is 0 Å². The van der Waals surface area contributed by atoms with Crippen LogP contribution in [0.15, 0.2) is 0 Å². The van der Waals surface area contributed by atoms with Gasteiger partial charge >= 0.3 is 0 Å². The third kappa shape index (κ3) is 1.82. The van der Waals surface area contributed by atoms with E-state index in [4.69, 9.17) is 5.73 Å². The summed E-state index contributed by atoms with van der Waals surface area (Å²) < 4.78 is 1.33. The average molecular weight is 251 g/mol. The molecule has 3 rings (SSSR count). The molecule has 98 valence electrons. The van der Waals surface area contributed by atoms with Crippen molar-refractivity contribution < 1.29 is 4.79 Å². The molecule has 8 nitrogen and oxygen atoms in total. The van der Waals surface area contributed by atoms with Gasteiger partial charge in [0.05, 0.1) is 0 Å². The smallest absolute Gasteiger partial charge is 0.244 e. The van der Waals surface area contributed by atoms with Crippen molar-refractivity contribution in [2.24, 2.45) is 5.92 Å². The van der Waals surface area contributed by atoms with Gasteiger partial charge in [-0.15, -0.1) is 0 Å². The molecular weight excluding hydrogens is 234 g/mol. The van der Waals surface area contributed by atoms with Crippen LogP contribution in [0.3, 0.4) is 0 Å². The Kier molecular flexibility index (Phi) is 2.66. The topological polar surface area (TPSA) is 93.2 Å². The van der Waals surface area contributed by atoms with Crippen molar-refractivity contribution in [3.63, 3.8) is 0 Å². The summed E-state index contributed by atoms with van der Waals surface area (Å²) in [6.07, 6.45) is 1.18. The van der Waals surface area contributed by atoms with Crippen LogP contribution >= 0.6 is 0 Å². The number of amides is 1. The fourth-order valence-electron chi connectivity index (χ4n) is 2.93. The van der Waals surface area contributed by atoms with Gasteiger partial charge in [0, 0.05) is 19.1 Å². The molecule has 0 spiro atoms. The lowest BCUT2D eigenvalue weighted by atomic mass is 10.1. The van der Waals surface area contributed by atoms with Gasteiger partial charge in [0.25, 0.3) is 0 Å². The highest BCUT2D eigenvalue weighted by Gasteiger charge is 2.41. The first-order valence-electron chi connectivity index (χ1n) is 6.15. The third-order valence-corrected chi connectivity index (χ3v) is 4.02. The number of carbonyl (C=O) groups excluding carboxylic acids is 1. The zero-order chi connectivity index (χ0) is 12.7. The average Bonchev–Trinajstić information content (AvgIpc) is 2.99.